The molecular formula is C18H22Cl3N5O2. The predicted molar refractivity (Wildman–Crippen MR) is 115 cm³/mol. The lowest BCUT2D eigenvalue weighted by Gasteiger charge is -2.25. The van der Waals surface area contributed by atoms with Crippen LogP contribution in [0.4, 0.5) is 5.82 Å². The van der Waals surface area contributed by atoms with E-state index >= 15 is 0 Å². The first kappa shape index (κ1) is 22.5. The van der Waals surface area contributed by atoms with E-state index in [0.29, 0.717) is 31.2 Å². The SMILES string of the molecule is Cl.NCCOc1c(Cl)nc(Cl)nc1N(CCO)CCc1c[nH]c2ccccc12. The minimum absolute atomic E-state index is 0. The Hall–Kier alpha value is -1.77. The summed E-state index contributed by atoms with van der Waals surface area (Å²) in [6, 6.07) is 8.11. The van der Waals surface area contributed by atoms with Crippen LogP contribution >= 0.6 is 35.6 Å². The van der Waals surface area contributed by atoms with Crippen molar-refractivity contribution in [3.8, 4) is 5.75 Å². The van der Waals surface area contributed by atoms with Gasteiger partial charge in [-0.15, -0.1) is 12.4 Å². The number of H-pyrrole nitrogens is 1. The van der Waals surface area contributed by atoms with Crippen molar-refractivity contribution in [3.05, 3.63) is 46.5 Å². The molecular weight excluding hydrogens is 425 g/mol. The van der Waals surface area contributed by atoms with Crippen molar-refractivity contribution in [2.75, 3.05) is 37.7 Å². The van der Waals surface area contributed by atoms with E-state index in [2.05, 4.69) is 21.0 Å². The molecule has 0 aliphatic heterocycles. The first-order valence-electron chi connectivity index (χ1n) is 8.60. The van der Waals surface area contributed by atoms with Crippen LogP contribution < -0.4 is 15.4 Å². The van der Waals surface area contributed by atoms with Crippen molar-refractivity contribution in [2.45, 2.75) is 6.42 Å². The number of nitrogens with two attached hydrogens (primary N) is 1. The van der Waals surface area contributed by atoms with Crippen LogP contribution in [0.3, 0.4) is 0 Å². The molecule has 1 aromatic carbocycles. The van der Waals surface area contributed by atoms with Crippen LogP contribution in [-0.4, -0.2) is 52.9 Å². The summed E-state index contributed by atoms with van der Waals surface area (Å²) >= 11 is 12.2. The van der Waals surface area contributed by atoms with Crippen molar-refractivity contribution < 1.29 is 9.84 Å². The molecule has 0 saturated heterocycles. The van der Waals surface area contributed by atoms with Gasteiger partial charge in [0.2, 0.25) is 5.28 Å². The van der Waals surface area contributed by atoms with Crippen LogP contribution in [0.2, 0.25) is 10.4 Å². The molecule has 0 aliphatic carbocycles. The molecule has 4 N–H and O–H groups in total. The van der Waals surface area contributed by atoms with Crippen LogP contribution in [0.25, 0.3) is 10.9 Å². The zero-order valence-corrected chi connectivity index (χ0v) is 17.4. The summed E-state index contributed by atoms with van der Waals surface area (Å²) in [7, 11) is 0. The van der Waals surface area contributed by atoms with Crippen molar-refractivity contribution in [1.29, 1.82) is 0 Å². The van der Waals surface area contributed by atoms with E-state index in [1.807, 2.05) is 29.3 Å². The number of fused-ring (bicyclic) bond motifs is 1. The zero-order valence-electron chi connectivity index (χ0n) is 15.1. The molecule has 0 aliphatic rings. The Labute approximate surface area is 179 Å². The molecule has 28 heavy (non-hydrogen) atoms. The molecule has 0 fully saturated rings. The Balaban J connectivity index is 0.00000280. The Morgan fingerprint density at radius 3 is 2.71 bits per heavy atom. The number of hydrogen-bond acceptors (Lipinski definition) is 6. The number of rotatable bonds is 9. The summed E-state index contributed by atoms with van der Waals surface area (Å²) < 4.78 is 5.64. The van der Waals surface area contributed by atoms with Gasteiger partial charge in [0.05, 0.1) is 6.61 Å². The van der Waals surface area contributed by atoms with Gasteiger partial charge in [0.15, 0.2) is 16.7 Å². The number of aromatic nitrogens is 3. The second-order valence-electron chi connectivity index (χ2n) is 5.89. The van der Waals surface area contributed by atoms with E-state index < -0.39 is 0 Å². The Bertz CT molecular complexity index is 906. The number of aromatic amines is 1. The number of aliphatic hydroxyl groups excluding tert-OH is 1. The van der Waals surface area contributed by atoms with Crippen LogP contribution in [-0.2, 0) is 6.42 Å². The molecule has 2 heterocycles. The first-order chi connectivity index (χ1) is 13.1. The summed E-state index contributed by atoms with van der Waals surface area (Å²) in [5.74, 6) is 0.765. The van der Waals surface area contributed by atoms with Crippen molar-refractivity contribution >= 4 is 52.3 Å². The number of anilines is 1. The lowest BCUT2D eigenvalue weighted by Crippen LogP contribution is -2.30. The quantitative estimate of drug-likeness (QED) is 0.345. The maximum atomic E-state index is 9.51. The maximum absolute atomic E-state index is 9.51. The fourth-order valence-corrected chi connectivity index (χ4v) is 3.35. The number of nitrogens with one attached hydrogen (secondary N) is 1. The lowest BCUT2D eigenvalue weighted by molar-refractivity contribution is 0.298. The Morgan fingerprint density at radius 1 is 1.18 bits per heavy atom. The number of aliphatic hydroxyl groups is 1. The van der Waals surface area contributed by atoms with E-state index in [-0.39, 0.29) is 36.1 Å². The summed E-state index contributed by atoms with van der Waals surface area (Å²) in [5.41, 5.74) is 7.78. The number of para-hydroxylation sites is 1. The van der Waals surface area contributed by atoms with E-state index in [1.165, 1.54) is 10.9 Å². The van der Waals surface area contributed by atoms with Gasteiger partial charge in [-0.05, 0) is 29.7 Å². The normalized spacial score (nSPS) is 10.7. The van der Waals surface area contributed by atoms with Crippen LogP contribution in [0.1, 0.15) is 5.56 Å². The molecule has 0 spiro atoms. The Kier molecular flexibility index (Phi) is 8.59. The largest absolute Gasteiger partial charge is 0.486 e. The van der Waals surface area contributed by atoms with Gasteiger partial charge >= 0.3 is 0 Å². The number of ether oxygens (including phenoxy) is 1. The van der Waals surface area contributed by atoms with Crippen molar-refractivity contribution in [3.63, 3.8) is 0 Å². The molecule has 0 atom stereocenters. The third-order valence-corrected chi connectivity index (χ3v) is 4.56. The summed E-state index contributed by atoms with van der Waals surface area (Å²) in [5, 5.41) is 10.8. The van der Waals surface area contributed by atoms with Gasteiger partial charge in [-0.2, -0.15) is 4.98 Å². The van der Waals surface area contributed by atoms with Gasteiger partial charge in [0.1, 0.15) is 6.61 Å². The van der Waals surface area contributed by atoms with Gasteiger partial charge in [-0.3, -0.25) is 0 Å². The van der Waals surface area contributed by atoms with E-state index in [1.54, 1.807) is 0 Å². The molecule has 3 aromatic rings. The molecule has 0 unspecified atom stereocenters. The van der Waals surface area contributed by atoms with Gasteiger partial charge < -0.3 is 25.5 Å². The highest BCUT2D eigenvalue weighted by Crippen LogP contribution is 2.34. The number of hydrogen-bond donors (Lipinski definition) is 3. The summed E-state index contributed by atoms with van der Waals surface area (Å²) in [6.07, 6.45) is 2.73. The lowest BCUT2D eigenvalue weighted by atomic mass is 10.1. The molecule has 0 saturated carbocycles. The standard InChI is InChI=1S/C18H21Cl2N5O2.ClH/c19-16-15(27-10-6-21)17(24-18(20)23-16)25(8-9-26)7-5-12-11-22-14-4-2-1-3-13(12)14;/h1-4,11,22,26H,5-10,21H2;1H. The third kappa shape index (κ3) is 5.18. The van der Waals surface area contributed by atoms with Crippen LogP contribution in [0.5, 0.6) is 5.75 Å². The van der Waals surface area contributed by atoms with Gasteiger partial charge in [-0.1, -0.05) is 29.8 Å². The maximum Gasteiger partial charge on any atom is 0.226 e. The molecule has 0 radical (unpaired) electrons. The average Bonchev–Trinajstić information content (AvgIpc) is 3.07. The molecule has 0 amide bonds. The molecule has 2 aromatic heterocycles. The van der Waals surface area contributed by atoms with E-state index in [4.69, 9.17) is 33.7 Å². The Morgan fingerprint density at radius 2 is 1.96 bits per heavy atom. The van der Waals surface area contributed by atoms with Crippen molar-refractivity contribution in [2.24, 2.45) is 5.73 Å². The third-order valence-electron chi connectivity index (χ3n) is 4.14. The van der Waals surface area contributed by atoms with E-state index in [9.17, 15) is 5.11 Å². The highest BCUT2D eigenvalue weighted by molar-refractivity contribution is 6.33. The second kappa shape index (κ2) is 10.7. The van der Waals surface area contributed by atoms with E-state index in [0.717, 1.165) is 11.9 Å². The molecule has 10 heteroatoms. The van der Waals surface area contributed by atoms with Crippen LogP contribution in [0, 0.1) is 0 Å². The van der Waals surface area contributed by atoms with Gasteiger partial charge in [0, 0.05) is 36.7 Å². The molecule has 152 valence electrons. The topological polar surface area (TPSA) is 100 Å². The van der Waals surface area contributed by atoms with Gasteiger partial charge in [0.25, 0.3) is 0 Å². The predicted octanol–water partition coefficient (Wildman–Crippen LogP) is 3.07. The second-order valence-corrected chi connectivity index (χ2v) is 6.59. The summed E-state index contributed by atoms with van der Waals surface area (Å²) in [6.45, 7) is 1.49. The molecule has 3 rings (SSSR count). The fraction of sp³-hybridized carbons (Fsp3) is 0.333. The van der Waals surface area contributed by atoms with Crippen molar-refractivity contribution in [1.82, 2.24) is 15.0 Å². The number of nitrogens with zero attached hydrogens (tertiary/aromatic N) is 3. The number of halogens is 3. The average molecular weight is 447 g/mol. The smallest absolute Gasteiger partial charge is 0.226 e. The van der Waals surface area contributed by atoms with Gasteiger partial charge in [-0.25, -0.2) is 4.98 Å². The highest BCUT2D eigenvalue weighted by Gasteiger charge is 2.20. The minimum atomic E-state index is -0.0521. The zero-order chi connectivity index (χ0) is 19.2. The fourth-order valence-electron chi connectivity index (χ4n) is 2.92. The minimum Gasteiger partial charge on any atom is -0.486 e. The first-order valence-corrected chi connectivity index (χ1v) is 9.36. The monoisotopic (exact) mass is 445 g/mol. The number of benzene rings is 1. The van der Waals surface area contributed by atoms with Crippen LogP contribution in [0.15, 0.2) is 30.5 Å². The summed E-state index contributed by atoms with van der Waals surface area (Å²) in [4.78, 5) is 13.4. The highest BCUT2D eigenvalue weighted by atomic mass is 35.5. The molecule has 7 nitrogen and oxygen atoms in total. The molecule has 0 bridgehead atoms.